The van der Waals surface area contributed by atoms with Crippen molar-refractivity contribution in [1.29, 1.82) is 0 Å². The van der Waals surface area contributed by atoms with E-state index in [1.54, 1.807) is 23.1 Å². The summed E-state index contributed by atoms with van der Waals surface area (Å²) in [7, 11) is 0. The van der Waals surface area contributed by atoms with Crippen molar-refractivity contribution < 1.29 is 9.59 Å². The second-order valence-electron chi connectivity index (χ2n) is 6.92. The monoisotopic (exact) mass is 404 g/mol. The lowest BCUT2D eigenvalue weighted by Gasteiger charge is -2.18. The summed E-state index contributed by atoms with van der Waals surface area (Å²) in [6.07, 6.45) is 1.26. The Morgan fingerprint density at radius 1 is 1.19 bits per heavy atom. The highest BCUT2D eigenvalue weighted by atomic mass is 35.5. The van der Waals surface area contributed by atoms with Gasteiger partial charge in [-0.2, -0.15) is 0 Å². The number of amides is 2. The third-order valence-corrected chi connectivity index (χ3v) is 5.81. The van der Waals surface area contributed by atoms with E-state index in [1.807, 2.05) is 12.1 Å². The van der Waals surface area contributed by atoms with Crippen molar-refractivity contribution in [3.05, 3.63) is 58.1 Å². The average Bonchev–Trinajstić information content (AvgIpc) is 3.06. The van der Waals surface area contributed by atoms with Crippen molar-refractivity contribution in [2.45, 2.75) is 32.6 Å². The van der Waals surface area contributed by atoms with Gasteiger partial charge in [-0.05, 0) is 48.2 Å². The van der Waals surface area contributed by atoms with Gasteiger partial charge in [-0.1, -0.05) is 49.2 Å². The van der Waals surface area contributed by atoms with Gasteiger partial charge in [-0.3, -0.25) is 9.59 Å². The number of hydrogen-bond acceptors (Lipinski definition) is 2. The number of nitrogens with one attached hydrogen (secondary N) is 1. The van der Waals surface area contributed by atoms with E-state index in [9.17, 15) is 9.59 Å². The van der Waals surface area contributed by atoms with Crippen LogP contribution in [0.25, 0.3) is 0 Å². The Morgan fingerprint density at radius 3 is 2.52 bits per heavy atom. The van der Waals surface area contributed by atoms with Crippen LogP contribution in [0.3, 0.4) is 0 Å². The average molecular weight is 405 g/mol. The van der Waals surface area contributed by atoms with Gasteiger partial charge in [-0.15, -0.1) is 0 Å². The molecule has 0 saturated carbocycles. The van der Waals surface area contributed by atoms with Gasteiger partial charge in [0, 0.05) is 24.3 Å². The van der Waals surface area contributed by atoms with Crippen LogP contribution in [0.5, 0.6) is 0 Å². The molecule has 1 saturated heterocycles. The maximum Gasteiger partial charge on any atom is 0.229 e. The van der Waals surface area contributed by atoms with Gasteiger partial charge < -0.3 is 10.2 Å². The first kappa shape index (κ1) is 19.7. The molecule has 0 spiro atoms. The van der Waals surface area contributed by atoms with Gasteiger partial charge in [0.15, 0.2) is 0 Å². The molecule has 1 aliphatic heterocycles. The molecule has 2 aromatic carbocycles. The van der Waals surface area contributed by atoms with Crippen molar-refractivity contribution >= 4 is 46.4 Å². The summed E-state index contributed by atoms with van der Waals surface area (Å²) in [5, 5.41) is 3.62. The minimum Gasteiger partial charge on any atom is -0.326 e. The quantitative estimate of drug-likeness (QED) is 0.714. The Morgan fingerprint density at radius 2 is 1.89 bits per heavy atom. The number of halogens is 2. The smallest absolute Gasteiger partial charge is 0.229 e. The predicted octanol–water partition coefficient (Wildman–Crippen LogP) is 5.50. The fourth-order valence-corrected chi connectivity index (χ4v) is 3.47. The van der Waals surface area contributed by atoms with Crippen molar-refractivity contribution in [3.8, 4) is 0 Å². The Bertz CT molecular complexity index is 852. The number of hydrogen-bond donors (Lipinski definition) is 1. The van der Waals surface area contributed by atoms with Gasteiger partial charge >= 0.3 is 0 Å². The number of carbonyl (C=O) groups is 2. The molecule has 0 radical (unpaired) electrons. The third kappa shape index (κ3) is 4.45. The Kier molecular flexibility index (Phi) is 6.08. The normalized spacial score (nSPS) is 17.9. The number of nitrogens with zero attached hydrogens (tertiary/aromatic N) is 1. The van der Waals surface area contributed by atoms with Gasteiger partial charge in [0.05, 0.1) is 16.0 Å². The number of benzene rings is 2. The van der Waals surface area contributed by atoms with Crippen LogP contribution in [-0.2, 0) is 9.59 Å². The molecule has 0 bridgehead atoms. The molecule has 4 nitrogen and oxygen atoms in total. The first-order chi connectivity index (χ1) is 12.9. The first-order valence-corrected chi connectivity index (χ1v) is 9.81. The molecule has 1 fully saturated rings. The topological polar surface area (TPSA) is 49.4 Å². The van der Waals surface area contributed by atoms with Crippen LogP contribution in [0, 0.1) is 5.92 Å². The maximum absolute atomic E-state index is 12.5. The van der Waals surface area contributed by atoms with Gasteiger partial charge in [0.25, 0.3) is 0 Å². The van der Waals surface area contributed by atoms with Crippen LogP contribution >= 0.6 is 23.2 Å². The van der Waals surface area contributed by atoms with E-state index in [1.165, 1.54) is 5.56 Å². The van der Waals surface area contributed by atoms with Crippen molar-refractivity contribution in [2.24, 2.45) is 5.92 Å². The van der Waals surface area contributed by atoms with Gasteiger partial charge in [0.1, 0.15) is 0 Å². The summed E-state index contributed by atoms with van der Waals surface area (Å²) in [5.74, 6) is -0.153. The Labute approximate surface area is 169 Å². The zero-order valence-electron chi connectivity index (χ0n) is 15.3. The molecule has 2 aromatic rings. The standard InChI is InChI=1S/C21H22Cl2N2O2/c1-3-13(2)14-4-7-17(8-5-14)25-12-15(10-20(25)26)21(27)24-16-6-9-18(22)19(23)11-16/h4-9,11,13,15H,3,10,12H2,1-2H3,(H,24,27)/t13-,15-/m0/s1. The molecule has 142 valence electrons. The largest absolute Gasteiger partial charge is 0.326 e. The predicted molar refractivity (Wildman–Crippen MR) is 111 cm³/mol. The SMILES string of the molecule is CC[C@H](C)c1ccc(N2C[C@@H](C(=O)Nc3ccc(Cl)c(Cl)c3)CC2=O)cc1. The molecule has 2 atom stereocenters. The van der Waals surface area contributed by atoms with Crippen LogP contribution < -0.4 is 10.2 Å². The van der Waals surface area contributed by atoms with Crippen LogP contribution in [0.15, 0.2) is 42.5 Å². The highest BCUT2D eigenvalue weighted by Crippen LogP contribution is 2.29. The molecule has 1 aliphatic rings. The zero-order valence-corrected chi connectivity index (χ0v) is 16.8. The van der Waals surface area contributed by atoms with Crippen molar-refractivity contribution in [3.63, 3.8) is 0 Å². The van der Waals surface area contributed by atoms with Gasteiger partial charge in [-0.25, -0.2) is 0 Å². The highest BCUT2D eigenvalue weighted by molar-refractivity contribution is 6.42. The molecular weight excluding hydrogens is 383 g/mol. The van der Waals surface area contributed by atoms with Crippen LogP contribution in [-0.4, -0.2) is 18.4 Å². The third-order valence-electron chi connectivity index (χ3n) is 5.07. The van der Waals surface area contributed by atoms with Crippen LogP contribution in [0.2, 0.25) is 10.0 Å². The molecular formula is C21H22Cl2N2O2. The number of anilines is 2. The summed E-state index contributed by atoms with van der Waals surface area (Å²) in [5.41, 5.74) is 2.65. The summed E-state index contributed by atoms with van der Waals surface area (Å²) in [6, 6.07) is 12.9. The molecule has 27 heavy (non-hydrogen) atoms. The lowest BCUT2D eigenvalue weighted by atomic mass is 9.98. The summed E-state index contributed by atoms with van der Waals surface area (Å²) in [4.78, 5) is 26.7. The second-order valence-corrected chi connectivity index (χ2v) is 7.74. The van der Waals surface area contributed by atoms with Gasteiger partial charge in [0.2, 0.25) is 11.8 Å². The number of rotatable bonds is 5. The molecule has 6 heteroatoms. The Balaban J connectivity index is 1.67. The number of carbonyl (C=O) groups excluding carboxylic acids is 2. The van der Waals surface area contributed by atoms with E-state index in [-0.39, 0.29) is 18.2 Å². The maximum atomic E-state index is 12.5. The summed E-state index contributed by atoms with van der Waals surface area (Å²) in [6.45, 7) is 4.70. The lowest BCUT2D eigenvalue weighted by molar-refractivity contribution is -0.122. The van der Waals surface area contributed by atoms with E-state index >= 15 is 0 Å². The highest BCUT2D eigenvalue weighted by Gasteiger charge is 2.35. The van der Waals surface area contributed by atoms with Crippen molar-refractivity contribution in [2.75, 3.05) is 16.8 Å². The van der Waals surface area contributed by atoms with E-state index in [0.29, 0.717) is 28.2 Å². The summed E-state index contributed by atoms with van der Waals surface area (Å²) >= 11 is 11.9. The second kappa shape index (κ2) is 8.32. The fraction of sp³-hybridized carbons (Fsp3) is 0.333. The fourth-order valence-electron chi connectivity index (χ4n) is 3.17. The molecule has 0 unspecified atom stereocenters. The van der Waals surface area contributed by atoms with E-state index in [0.717, 1.165) is 12.1 Å². The molecule has 2 amide bonds. The van der Waals surface area contributed by atoms with E-state index in [2.05, 4.69) is 31.3 Å². The van der Waals surface area contributed by atoms with Crippen LogP contribution in [0.4, 0.5) is 11.4 Å². The lowest BCUT2D eigenvalue weighted by Crippen LogP contribution is -2.28. The molecule has 0 aromatic heterocycles. The molecule has 3 rings (SSSR count). The summed E-state index contributed by atoms with van der Waals surface area (Å²) < 4.78 is 0. The minimum absolute atomic E-state index is 0.0411. The first-order valence-electron chi connectivity index (χ1n) is 9.05. The molecule has 1 heterocycles. The van der Waals surface area contributed by atoms with E-state index < -0.39 is 5.92 Å². The van der Waals surface area contributed by atoms with E-state index in [4.69, 9.17) is 23.2 Å². The minimum atomic E-state index is -0.402. The zero-order chi connectivity index (χ0) is 19.6. The Hall–Kier alpha value is -2.04. The molecule has 0 aliphatic carbocycles. The molecule has 1 N–H and O–H groups in total. The van der Waals surface area contributed by atoms with Crippen LogP contribution in [0.1, 0.15) is 38.2 Å². The van der Waals surface area contributed by atoms with Crippen molar-refractivity contribution in [1.82, 2.24) is 0 Å².